The first-order valence-corrected chi connectivity index (χ1v) is 6.69. The van der Waals surface area contributed by atoms with Crippen LogP contribution >= 0.6 is 11.3 Å². The molecule has 102 valence electrons. The van der Waals surface area contributed by atoms with Crippen molar-refractivity contribution in [1.29, 1.82) is 0 Å². The number of hydrogen-bond acceptors (Lipinski definition) is 3. The molecule has 0 aliphatic heterocycles. The van der Waals surface area contributed by atoms with Gasteiger partial charge in [0.2, 0.25) is 0 Å². The topological polar surface area (TPSA) is 38.9 Å². The number of halogens is 3. The minimum absolute atomic E-state index is 0.0980. The van der Waals surface area contributed by atoms with Crippen molar-refractivity contribution in [3.05, 3.63) is 40.2 Å². The van der Waals surface area contributed by atoms with E-state index in [-0.39, 0.29) is 11.6 Å². The average Bonchev–Trinajstić information content (AvgIpc) is 2.86. The molecule has 1 aromatic carbocycles. The van der Waals surface area contributed by atoms with Gasteiger partial charge in [-0.3, -0.25) is 0 Å². The van der Waals surface area contributed by atoms with E-state index in [4.69, 9.17) is 5.73 Å². The lowest BCUT2D eigenvalue weighted by molar-refractivity contribution is -0.137. The molecular formula is C13H13F3N2S. The summed E-state index contributed by atoms with van der Waals surface area (Å²) in [4.78, 5) is 4.22. The van der Waals surface area contributed by atoms with Gasteiger partial charge in [-0.15, -0.1) is 11.3 Å². The summed E-state index contributed by atoms with van der Waals surface area (Å²) >= 11 is 1.29. The van der Waals surface area contributed by atoms with Gasteiger partial charge in [-0.05, 0) is 12.5 Å². The fourth-order valence-electron chi connectivity index (χ4n) is 1.71. The maximum atomic E-state index is 12.9. The molecule has 0 amide bonds. The molecular weight excluding hydrogens is 273 g/mol. The number of nitrogens with zero attached hydrogens (tertiary/aromatic N) is 1. The number of rotatable bonds is 3. The van der Waals surface area contributed by atoms with E-state index in [9.17, 15) is 13.2 Å². The third kappa shape index (κ3) is 2.96. The molecule has 0 radical (unpaired) electrons. The van der Waals surface area contributed by atoms with Crippen molar-refractivity contribution in [1.82, 2.24) is 4.98 Å². The van der Waals surface area contributed by atoms with Crippen LogP contribution in [0.5, 0.6) is 0 Å². The van der Waals surface area contributed by atoms with Gasteiger partial charge in [0.05, 0.1) is 17.3 Å². The highest BCUT2D eigenvalue weighted by molar-refractivity contribution is 7.10. The molecule has 0 saturated carbocycles. The molecule has 1 atom stereocenters. The summed E-state index contributed by atoms with van der Waals surface area (Å²) in [5, 5.41) is 2.28. The quantitative estimate of drug-likeness (QED) is 0.916. The molecule has 1 aromatic heterocycles. The molecule has 1 unspecified atom stereocenters. The second-order valence-corrected chi connectivity index (χ2v) is 5.02. The maximum absolute atomic E-state index is 12.9. The van der Waals surface area contributed by atoms with Gasteiger partial charge in [0, 0.05) is 10.9 Å². The van der Waals surface area contributed by atoms with E-state index < -0.39 is 11.7 Å². The van der Waals surface area contributed by atoms with Crippen LogP contribution in [0.4, 0.5) is 13.2 Å². The van der Waals surface area contributed by atoms with Gasteiger partial charge in [-0.1, -0.05) is 25.1 Å². The van der Waals surface area contributed by atoms with Gasteiger partial charge in [0.15, 0.2) is 0 Å². The predicted molar refractivity (Wildman–Crippen MR) is 69.8 cm³/mol. The van der Waals surface area contributed by atoms with Crippen LogP contribution in [0, 0.1) is 0 Å². The second-order valence-electron chi connectivity index (χ2n) is 4.13. The second kappa shape index (κ2) is 5.30. The van der Waals surface area contributed by atoms with Crippen molar-refractivity contribution in [2.45, 2.75) is 25.6 Å². The van der Waals surface area contributed by atoms with Crippen LogP contribution in [0.25, 0.3) is 11.3 Å². The zero-order valence-corrected chi connectivity index (χ0v) is 11.1. The normalized spacial score (nSPS) is 13.5. The third-order valence-corrected chi connectivity index (χ3v) is 3.76. The molecule has 0 fully saturated rings. The lowest BCUT2D eigenvalue weighted by atomic mass is 10.1. The fourth-order valence-corrected chi connectivity index (χ4v) is 2.61. The number of aromatic nitrogens is 1. The largest absolute Gasteiger partial charge is 0.417 e. The lowest BCUT2D eigenvalue weighted by Crippen LogP contribution is -2.09. The van der Waals surface area contributed by atoms with Crippen LogP contribution in [-0.4, -0.2) is 4.98 Å². The number of alkyl halides is 3. The number of benzene rings is 1. The van der Waals surface area contributed by atoms with Crippen LogP contribution in [0.15, 0.2) is 29.6 Å². The Morgan fingerprint density at radius 2 is 2.00 bits per heavy atom. The van der Waals surface area contributed by atoms with Crippen molar-refractivity contribution in [2.24, 2.45) is 5.73 Å². The molecule has 1 heterocycles. The Labute approximate surface area is 113 Å². The van der Waals surface area contributed by atoms with Crippen LogP contribution < -0.4 is 5.73 Å². The summed E-state index contributed by atoms with van der Waals surface area (Å²) < 4.78 is 38.7. The summed E-state index contributed by atoms with van der Waals surface area (Å²) in [6, 6.07) is 5.21. The Morgan fingerprint density at radius 3 is 2.63 bits per heavy atom. The standard InChI is InChI=1S/C13H13F3N2S/c1-2-10(17)12-18-11(7-19-12)8-5-3-4-6-9(8)13(14,15)16/h3-7,10H,2,17H2,1H3. The van der Waals surface area contributed by atoms with Crippen molar-refractivity contribution < 1.29 is 13.2 Å². The highest BCUT2D eigenvalue weighted by Crippen LogP contribution is 2.37. The van der Waals surface area contributed by atoms with E-state index in [1.54, 1.807) is 11.4 Å². The van der Waals surface area contributed by atoms with Gasteiger partial charge >= 0.3 is 6.18 Å². The highest BCUT2D eigenvalue weighted by atomic mass is 32.1. The van der Waals surface area contributed by atoms with Crippen molar-refractivity contribution in [3.8, 4) is 11.3 Å². The van der Waals surface area contributed by atoms with Crippen LogP contribution in [0.1, 0.15) is 30.0 Å². The molecule has 0 spiro atoms. The first kappa shape index (κ1) is 14.0. The summed E-state index contributed by atoms with van der Waals surface area (Å²) in [6.07, 6.45) is -3.68. The van der Waals surface area contributed by atoms with E-state index in [0.717, 1.165) is 6.07 Å². The van der Waals surface area contributed by atoms with Crippen LogP contribution in [0.2, 0.25) is 0 Å². The third-order valence-electron chi connectivity index (χ3n) is 2.79. The lowest BCUT2D eigenvalue weighted by Gasteiger charge is -2.10. The van der Waals surface area contributed by atoms with Crippen molar-refractivity contribution in [3.63, 3.8) is 0 Å². The van der Waals surface area contributed by atoms with Crippen molar-refractivity contribution >= 4 is 11.3 Å². The monoisotopic (exact) mass is 286 g/mol. The van der Waals surface area contributed by atoms with Gasteiger partial charge in [0.1, 0.15) is 5.01 Å². The van der Waals surface area contributed by atoms with E-state index in [2.05, 4.69) is 4.98 Å². The smallest absolute Gasteiger partial charge is 0.322 e. The summed E-state index contributed by atoms with van der Waals surface area (Å²) in [5.74, 6) is 0. The zero-order chi connectivity index (χ0) is 14.0. The fraction of sp³-hybridized carbons (Fsp3) is 0.308. The number of hydrogen-bond donors (Lipinski definition) is 1. The first-order valence-electron chi connectivity index (χ1n) is 5.81. The molecule has 0 saturated heterocycles. The summed E-state index contributed by atoms with van der Waals surface area (Å²) in [7, 11) is 0. The Morgan fingerprint density at radius 1 is 1.32 bits per heavy atom. The van der Waals surface area contributed by atoms with Gasteiger partial charge < -0.3 is 5.73 Å². The molecule has 2 nitrogen and oxygen atoms in total. The van der Waals surface area contributed by atoms with Gasteiger partial charge in [-0.2, -0.15) is 13.2 Å². The van der Waals surface area contributed by atoms with Crippen LogP contribution in [-0.2, 0) is 6.18 Å². The summed E-state index contributed by atoms with van der Waals surface area (Å²) in [6.45, 7) is 1.91. The minimum atomic E-state index is -4.38. The Bertz CT molecular complexity index is 563. The predicted octanol–water partition coefficient (Wildman–Crippen LogP) is 4.24. The van der Waals surface area contributed by atoms with E-state index in [1.165, 1.54) is 23.5 Å². The minimum Gasteiger partial charge on any atom is -0.322 e. The summed E-state index contributed by atoms with van der Waals surface area (Å²) in [5.41, 5.74) is 5.59. The van der Waals surface area contributed by atoms with Crippen LogP contribution in [0.3, 0.4) is 0 Å². The van der Waals surface area contributed by atoms with Gasteiger partial charge in [0.25, 0.3) is 0 Å². The van der Waals surface area contributed by atoms with Gasteiger partial charge in [-0.25, -0.2) is 4.98 Å². The molecule has 2 aromatic rings. The molecule has 0 bridgehead atoms. The van der Waals surface area contributed by atoms with E-state index in [0.29, 0.717) is 17.1 Å². The highest BCUT2D eigenvalue weighted by Gasteiger charge is 2.33. The first-order chi connectivity index (χ1) is 8.93. The van der Waals surface area contributed by atoms with E-state index in [1.807, 2.05) is 6.92 Å². The Balaban J connectivity index is 2.45. The molecule has 0 aliphatic carbocycles. The SMILES string of the molecule is CCC(N)c1nc(-c2ccccc2C(F)(F)F)cs1. The number of nitrogens with two attached hydrogens (primary N) is 1. The molecule has 2 N–H and O–H groups in total. The molecule has 19 heavy (non-hydrogen) atoms. The van der Waals surface area contributed by atoms with E-state index >= 15 is 0 Å². The Hall–Kier alpha value is -1.40. The average molecular weight is 286 g/mol. The zero-order valence-electron chi connectivity index (χ0n) is 10.2. The molecule has 0 aliphatic rings. The molecule has 2 rings (SSSR count). The number of thiazole rings is 1. The maximum Gasteiger partial charge on any atom is 0.417 e. The molecule has 6 heteroatoms. The van der Waals surface area contributed by atoms with Crippen molar-refractivity contribution in [2.75, 3.05) is 0 Å². The Kier molecular flexibility index (Phi) is 3.91.